The summed E-state index contributed by atoms with van der Waals surface area (Å²) in [6, 6.07) is 6.49. The van der Waals surface area contributed by atoms with E-state index < -0.39 is 0 Å². The molecule has 21 heavy (non-hydrogen) atoms. The highest BCUT2D eigenvalue weighted by Crippen LogP contribution is 2.39. The van der Waals surface area contributed by atoms with Gasteiger partial charge in [0.15, 0.2) is 17.5 Å². The largest absolute Gasteiger partial charge is 0.486 e. The minimum atomic E-state index is -0.227. The summed E-state index contributed by atoms with van der Waals surface area (Å²) in [6.45, 7) is 8.42. The molecule has 2 N–H and O–H groups in total. The highest BCUT2D eigenvalue weighted by Gasteiger charge is 2.42. The maximum atomic E-state index is 6.13. The van der Waals surface area contributed by atoms with Gasteiger partial charge in [-0.15, -0.1) is 0 Å². The van der Waals surface area contributed by atoms with E-state index in [1.807, 2.05) is 6.07 Å². The molecule has 0 aliphatic carbocycles. The number of ether oxygens (including phenoxy) is 2. The highest BCUT2D eigenvalue weighted by atomic mass is 16.6. The first-order valence-electron chi connectivity index (χ1n) is 7.55. The van der Waals surface area contributed by atoms with Crippen LogP contribution in [0.25, 0.3) is 0 Å². The van der Waals surface area contributed by atoms with E-state index in [4.69, 9.17) is 15.2 Å². The van der Waals surface area contributed by atoms with Crippen molar-refractivity contribution < 1.29 is 9.47 Å². The van der Waals surface area contributed by atoms with Gasteiger partial charge in [0.25, 0.3) is 0 Å². The first-order chi connectivity index (χ1) is 10.1. The molecule has 0 bridgehead atoms. The maximum Gasteiger partial charge on any atom is 0.192 e. The molecule has 1 aromatic rings. The minimum Gasteiger partial charge on any atom is -0.486 e. The second-order valence-electron chi connectivity index (χ2n) is 5.93. The molecule has 1 aromatic carbocycles. The fourth-order valence-electron chi connectivity index (χ4n) is 3.14. The van der Waals surface area contributed by atoms with Crippen molar-refractivity contribution in [3.05, 3.63) is 23.8 Å². The van der Waals surface area contributed by atoms with Crippen molar-refractivity contribution in [3.63, 3.8) is 0 Å². The van der Waals surface area contributed by atoms with Gasteiger partial charge in [0.05, 0.1) is 12.1 Å². The van der Waals surface area contributed by atoms with Crippen molar-refractivity contribution in [2.45, 2.75) is 38.8 Å². The lowest BCUT2D eigenvalue weighted by atomic mass is 9.89. The molecule has 2 atom stereocenters. The summed E-state index contributed by atoms with van der Waals surface area (Å²) in [6.07, 6.45) is 1.02. The van der Waals surface area contributed by atoms with Crippen LogP contribution in [0.5, 0.6) is 11.5 Å². The quantitative estimate of drug-likeness (QED) is 0.925. The van der Waals surface area contributed by atoms with Gasteiger partial charge in [0.2, 0.25) is 0 Å². The first kappa shape index (κ1) is 14.0. The first-order valence-corrected chi connectivity index (χ1v) is 7.55. The lowest BCUT2D eigenvalue weighted by molar-refractivity contribution is 0.161. The van der Waals surface area contributed by atoms with Crippen molar-refractivity contribution in [1.29, 1.82) is 0 Å². The Hall–Kier alpha value is -1.91. The van der Waals surface area contributed by atoms with Crippen molar-refractivity contribution in [1.82, 2.24) is 4.90 Å². The molecule has 0 spiro atoms. The van der Waals surface area contributed by atoms with Crippen LogP contribution in [0, 0.1) is 0 Å². The molecule has 0 saturated carbocycles. The fourth-order valence-corrected chi connectivity index (χ4v) is 3.14. The zero-order chi connectivity index (χ0) is 15.0. The molecule has 114 valence electrons. The predicted octanol–water partition coefficient (Wildman–Crippen LogP) is 2.10. The molecule has 5 nitrogen and oxygen atoms in total. The highest BCUT2D eigenvalue weighted by molar-refractivity contribution is 5.81. The predicted molar refractivity (Wildman–Crippen MR) is 82.9 cm³/mol. The molecular weight excluding hydrogens is 266 g/mol. The average molecular weight is 289 g/mol. The Morgan fingerprint density at radius 1 is 1.33 bits per heavy atom. The third-order valence-electron chi connectivity index (χ3n) is 4.52. The molecule has 2 aliphatic rings. The summed E-state index contributed by atoms with van der Waals surface area (Å²) >= 11 is 0. The van der Waals surface area contributed by atoms with Crippen LogP contribution in [0.2, 0.25) is 0 Å². The SMILES string of the molecule is CCC(C)N1C(N)=NCC1(C)c1ccc2c(c1)OCCO2. The number of fused-ring (bicyclic) bond motifs is 1. The van der Waals surface area contributed by atoms with Crippen LogP contribution in [-0.2, 0) is 5.54 Å². The van der Waals surface area contributed by atoms with E-state index in [0.717, 1.165) is 23.5 Å². The Bertz CT molecular complexity index is 573. The van der Waals surface area contributed by atoms with Gasteiger partial charge >= 0.3 is 0 Å². The Labute approximate surface area is 125 Å². The van der Waals surface area contributed by atoms with Crippen LogP contribution in [0.15, 0.2) is 23.2 Å². The van der Waals surface area contributed by atoms with Gasteiger partial charge in [-0.3, -0.25) is 4.99 Å². The van der Waals surface area contributed by atoms with Crippen LogP contribution in [0.4, 0.5) is 0 Å². The minimum absolute atomic E-state index is 0.227. The van der Waals surface area contributed by atoms with E-state index in [0.29, 0.717) is 31.8 Å². The van der Waals surface area contributed by atoms with Crippen molar-refractivity contribution in [2.24, 2.45) is 10.7 Å². The monoisotopic (exact) mass is 289 g/mol. The van der Waals surface area contributed by atoms with Crippen LogP contribution in [0.3, 0.4) is 0 Å². The zero-order valence-electron chi connectivity index (χ0n) is 12.9. The summed E-state index contributed by atoms with van der Waals surface area (Å²) < 4.78 is 11.3. The Morgan fingerprint density at radius 2 is 2.05 bits per heavy atom. The summed E-state index contributed by atoms with van der Waals surface area (Å²) in [7, 11) is 0. The van der Waals surface area contributed by atoms with Gasteiger partial charge in [0.1, 0.15) is 13.2 Å². The number of aliphatic imine (C=N–C) groups is 1. The number of guanidine groups is 1. The van der Waals surface area contributed by atoms with Gasteiger partial charge in [-0.05, 0) is 38.0 Å². The van der Waals surface area contributed by atoms with E-state index in [-0.39, 0.29) is 5.54 Å². The van der Waals surface area contributed by atoms with E-state index in [1.54, 1.807) is 0 Å². The molecular formula is C16H23N3O2. The molecule has 0 aromatic heterocycles. The zero-order valence-corrected chi connectivity index (χ0v) is 12.9. The second-order valence-corrected chi connectivity index (χ2v) is 5.93. The molecule has 0 amide bonds. The third-order valence-corrected chi connectivity index (χ3v) is 4.52. The van der Waals surface area contributed by atoms with E-state index >= 15 is 0 Å². The lowest BCUT2D eigenvalue weighted by Gasteiger charge is -2.41. The van der Waals surface area contributed by atoms with Gasteiger partial charge in [-0.1, -0.05) is 13.0 Å². The summed E-state index contributed by atoms with van der Waals surface area (Å²) in [4.78, 5) is 6.70. The number of nitrogens with two attached hydrogens (primary N) is 1. The van der Waals surface area contributed by atoms with Gasteiger partial charge in [-0.25, -0.2) is 0 Å². The smallest absolute Gasteiger partial charge is 0.192 e. The van der Waals surface area contributed by atoms with E-state index in [2.05, 4.69) is 42.8 Å². The summed E-state index contributed by atoms with van der Waals surface area (Å²) in [5, 5.41) is 0. The van der Waals surface area contributed by atoms with E-state index in [9.17, 15) is 0 Å². The van der Waals surface area contributed by atoms with E-state index in [1.165, 1.54) is 0 Å². The van der Waals surface area contributed by atoms with Crippen LogP contribution >= 0.6 is 0 Å². The van der Waals surface area contributed by atoms with Gasteiger partial charge < -0.3 is 20.1 Å². The van der Waals surface area contributed by atoms with Crippen LogP contribution in [0.1, 0.15) is 32.8 Å². The van der Waals surface area contributed by atoms with Gasteiger partial charge in [0, 0.05) is 6.04 Å². The lowest BCUT2D eigenvalue weighted by Crippen LogP contribution is -2.51. The van der Waals surface area contributed by atoms with Crippen molar-refractivity contribution >= 4 is 5.96 Å². The summed E-state index contributed by atoms with van der Waals surface area (Å²) in [5.41, 5.74) is 7.06. The molecule has 2 heterocycles. The Balaban J connectivity index is 1.98. The number of hydrogen-bond acceptors (Lipinski definition) is 5. The molecule has 3 rings (SSSR count). The summed E-state index contributed by atoms with van der Waals surface area (Å²) in [5.74, 6) is 2.26. The maximum absolute atomic E-state index is 6.13. The van der Waals surface area contributed by atoms with Crippen molar-refractivity contribution in [2.75, 3.05) is 19.8 Å². The van der Waals surface area contributed by atoms with Crippen LogP contribution in [-0.4, -0.2) is 36.7 Å². The third kappa shape index (κ3) is 2.20. The fraction of sp³-hybridized carbons (Fsp3) is 0.562. The number of benzene rings is 1. The van der Waals surface area contributed by atoms with Crippen molar-refractivity contribution in [3.8, 4) is 11.5 Å². The normalized spacial score (nSPS) is 25.7. The molecule has 0 radical (unpaired) electrons. The topological polar surface area (TPSA) is 60.1 Å². The standard InChI is InChI=1S/C16H23N3O2/c1-4-11(2)19-15(17)18-10-16(19,3)12-5-6-13-14(9-12)21-8-7-20-13/h5-6,9,11H,4,7-8,10H2,1-3H3,(H2,17,18). The number of rotatable bonds is 3. The Kier molecular flexibility index (Phi) is 3.43. The van der Waals surface area contributed by atoms with Crippen LogP contribution < -0.4 is 15.2 Å². The number of hydrogen-bond donors (Lipinski definition) is 1. The molecule has 0 saturated heterocycles. The molecule has 2 aliphatic heterocycles. The molecule has 0 fully saturated rings. The second kappa shape index (κ2) is 5.13. The number of nitrogens with zero attached hydrogens (tertiary/aromatic N) is 2. The molecule has 2 unspecified atom stereocenters. The average Bonchev–Trinajstić information content (AvgIpc) is 2.82. The molecule has 5 heteroatoms. The van der Waals surface area contributed by atoms with Gasteiger partial charge in [-0.2, -0.15) is 0 Å². The Morgan fingerprint density at radius 3 is 2.76 bits per heavy atom.